The minimum absolute atomic E-state index is 0.0135. The molecule has 0 spiro atoms. The molecular formula is C15H21ClN2O4S. The summed E-state index contributed by atoms with van der Waals surface area (Å²) >= 11 is 6.07. The van der Waals surface area contributed by atoms with Gasteiger partial charge in [-0.25, -0.2) is 8.42 Å². The van der Waals surface area contributed by atoms with Gasteiger partial charge in [-0.1, -0.05) is 18.0 Å². The molecule has 0 unspecified atom stereocenters. The maximum absolute atomic E-state index is 12.7. The van der Waals surface area contributed by atoms with E-state index in [0.717, 1.165) is 19.3 Å². The molecule has 1 aromatic rings. The van der Waals surface area contributed by atoms with Crippen molar-refractivity contribution in [2.75, 3.05) is 33.4 Å². The summed E-state index contributed by atoms with van der Waals surface area (Å²) in [5.41, 5.74) is 0.265. The second-order valence-electron chi connectivity index (χ2n) is 5.36. The summed E-state index contributed by atoms with van der Waals surface area (Å²) in [7, 11) is -2.14. The highest BCUT2D eigenvalue weighted by atomic mass is 35.5. The summed E-state index contributed by atoms with van der Waals surface area (Å²) < 4.78 is 31.8. The monoisotopic (exact) mass is 360 g/mol. The van der Waals surface area contributed by atoms with Crippen LogP contribution in [0.15, 0.2) is 23.1 Å². The van der Waals surface area contributed by atoms with E-state index in [4.69, 9.17) is 16.3 Å². The van der Waals surface area contributed by atoms with E-state index in [1.54, 1.807) is 0 Å². The summed E-state index contributed by atoms with van der Waals surface area (Å²) in [6, 6.07) is 4.30. The number of ether oxygens (including phenoxy) is 1. The molecule has 23 heavy (non-hydrogen) atoms. The first-order valence-corrected chi connectivity index (χ1v) is 9.35. The third kappa shape index (κ3) is 4.44. The Balaban J connectivity index is 2.24. The van der Waals surface area contributed by atoms with Gasteiger partial charge in [0.1, 0.15) is 4.90 Å². The van der Waals surface area contributed by atoms with Crippen LogP contribution >= 0.6 is 11.6 Å². The van der Waals surface area contributed by atoms with Crippen molar-refractivity contribution < 1.29 is 17.9 Å². The molecule has 1 aliphatic rings. The fraction of sp³-hybridized carbons (Fsp3) is 0.533. The second kappa shape index (κ2) is 8.10. The predicted molar refractivity (Wildman–Crippen MR) is 88.3 cm³/mol. The number of benzene rings is 1. The number of piperidine rings is 1. The van der Waals surface area contributed by atoms with Crippen molar-refractivity contribution in [1.29, 1.82) is 0 Å². The van der Waals surface area contributed by atoms with E-state index in [-0.39, 0.29) is 21.4 Å². The molecule has 1 amide bonds. The van der Waals surface area contributed by atoms with Gasteiger partial charge in [-0.15, -0.1) is 0 Å². The van der Waals surface area contributed by atoms with Crippen molar-refractivity contribution in [1.82, 2.24) is 9.62 Å². The van der Waals surface area contributed by atoms with E-state index < -0.39 is 10.0 Å². The summed E-state index contributed by atoms with van der Waals surface area (Å²) in [4.78, 5) is 12.1. The highest BCUT2D eigenvalue weighted by Gasteiger charge is 2.28. The molecule has 0 bridgehead atoms. The number of carbonyl (C=O) groups excluding carboxylic acids is 1. The SMILES string of the molecule is COCCNC(=O)c1ccc(Cl)c(S(=O)(=O)N2CCCCC2)c1. The zero-order valence-corrected chi connectivity index (χ0v) is 14.6. The molecule has 8 heteroatoms. The van der Waals surface area contributed by atoms with E-state index in [9.17, 15) is 13.2 Å². The van der Waals surface area contributed by atoms with Crippen molar-refractivity contribution in [3.63, 3.8) is 0 Å². The quantitative estimate of drug-likeness (QED) is 0.786. The molecule has 1 fully saturated rings. The summed E-state index contributed by atoms with van der Waals surface area (Å²) in [5.74, 6) is -0.353. The molecule has 0 saturated carbocycles. The van der Waals surface area contributed by atoms with Gasteiger partial charge in [-0.2, -0.15) is 4.31 Å². The summed E-state index contributed by atoms with van der Waals surface area (Å²) in [6.45, 7) is 1.72. The van der Waals surface area contributed by atoms with Gasteiger partial charge in [0.2, 0.25) is 10.0 Å². The van der Waals surface area contributed by atoms with Crippen molar-refractivity contribution in [2.24, 2.45) is 0 Å². The topological polar surface area (TPSA) is 75.7 Å². The van der Waals surface area contributed by atoms with Crippen LogP contribution in [0.3, 0.4) is 0 Å². The van der Waals surface area contributed by atoms with Crippen molar-refractivity contribution in [2.45, 2.75) is 24.2 Å². The van der Waals surface area contributed by atoms with Crippen LogP contribution in [0.5, 0.6) is 0 Å². The van der Waals surface area contributed by atoms with Gasteiger partial charge in [0.15, 0.2) is 0 Å². The van der Waals surface area contributed by atoms with E-state index in [1.165, 1.54) is 29.6 Å². The highest BCUT2D eigenvalue weighted by Crippen LogP contribution is 2.27. The Morgan fingerprint density at radius 3 is 2.65 bits per heavy atom. The average Bonchev–Trinajstić information content (AvgIpc) is 2.56. The Kier molecular flexibility index (Phi) is 6.41. The first-order chi connectivity index (χ1) is 11.0. The minimum Gasteiger partial charge on any atom is -0.383 e. The third-order valence-corrected chi connectivity index (χ3v) is 6.10. The molecule has 0 atom stereocenters. The van der Waals surface area contributed by atoms with Gasteiger partial charge in [0, 0.05) is 32.3 Å². The zero-order valence-electron chi connectivity index (χ0n) is 13.0. The maximum atomic E-state index is 12.7. The fourth-order valence-corrected chi connectivity index (χ4v) is 4.47. The van der Waals surface area contributed by atoms with E-state index in [0.29, 0.717) is 26.2 Å². The Hall–Kier alpha value is -1.15. The van der Waals surface area contributed by atoms with Gasteiger partial charge in [-0.3, -0.25) is 4.79 Å². The normalized spacial score (nSPS) is 16.3. The van der Waals surface area contributed by atoms with Crippen LogP contribution in [0.1, 0.15) is 29.6 Å². The highest BCUT2D eigenvalue weighted by molar-refractivity contribution is 7.89. The standard InChI is InChI=1S/C15H21ClN2O4S/c1-22-10-7-17-15(19)12-5-6-13(16)14(11-12)23(20,21)18-8-3-2-4-9-18/h5-6,11H,2-4,7-10H2,1H3,(H,17,19). The zero-order chi connectivity index (χ0) is 16.9. The molecule has 0 aromatic heterocycles. The fourth-order valence-electron chi connectivity index (χ4n) is 2.46. The van der Waals surface area contributed by atoms with E-state index in [1.807, 2.05) is 0 Å². The van der Waals surface area contributed by atoms with Crippen molar-refractivity contribution in [3.8, 4) is 0 Å². The molecule has 6 nitrogen and oxygen atoms in total. The first-order valence-electron chi connectivity index (χ1n) is 7.53. The van der Waals surface area contributed by atoms with Crippen LogP contribution < -0.4 is 5.32 Å². The van der Waals surface area contributed by atoms with Crippen LogP contribution in [0.2, 0.25) is 5.02 Å². The maximum Gasteiger partial charge on any atom is 0.251 e. The number of rotatable bonds is 6. The Labute approximate surface area is 141 Å². The molecule has 1 saturated heterocycles. The molecule has 1 aliphatic heterocycles. The van der Waals surface area contributed by atoms with Crippen molar-refractivity contribution in [3.05, 3.63) is 28.8 Å². The smallest absolute Gasteiger partial charge is 0.251 e. The van der Waals surface area contributed by atoms with Gasteiger partial charge >= 0.3 is 0 Å². The molecule has 1 N–H and O–H groups in total. The Bertz CT molecular complexity index is 657. The molecule has 0 aliphatic carbocycles. The number of sulfonamides is 1. The van der Waals surface area contributed by atoms with E-state index >= 15 is 0 Å². The number of amides is 1. The van der Waals surface area contributed by atoms with Crippen LogP contribution in [0, 0.1) is 0 Å². The largest absolute Gasteiger partial charge is 0.383 e. The number of halogens is 1. The molecular weight excluding hydrogens is 340 g/mol. The Morgan fingerprint density at radius 2 is 2.00 bits per heavy atom. The van der Waals surface area contributed by atoms with Crippen LogP contribution in [-0.4, -0.2) is 52.0 Å². The lowest BCUT2D eigenvalue weighted by Gasteiger charge is -2.26. The third-order valence-electron chi connectivity index (χ3n) is 3.72. The van der Waals surface area contributed by atoms with Gasteiger partial charge in [0.05, 0.1) is 11.6 Å². The number of carbonyl (C=O) groups is 1. The molecule has 2 rings (SSSR count). The van der Waals surface area contributed by atoms with Crippen molar-refractivity contribution >= 4 is 27.5 Å². The van der Waals surface area contributed by atoms with Crippen LogP contribution in [-0.2, 0) is 14.8 Å². The molecule has 1 aromatic carbocycles. The number of hydrogen-bond acceptors (Lipinski definition) is 4. The lowest BCUT2D eigenvalue weighted by atomic mass is 10.2. The molecule has 1 heterocycles. The average molecular weight is 361 g/mol. The number of methoxy groups -OCH3 is 1. The van der Waals surface area contributed by atoms with Gasteiger partial charge in [0.25, 0.3) is 5.91 Å². The Morgan fingerprint density at radius 1 is 1.30 bits per heavy atom. The van der Waals surface area contributed by atoms with Gasteiger partial charge < -0.3 is 10.1 Å². The predicted octanol–water partition coefficient (Wildman–Crippen LogP) is 1.89. The number of nitrogens with one attached hydrogen (secondary N) is 1. The lowest BCUT2D eigenvalue weighted by molar-refractivity contribution is 0.0937. The minimum atomic E-state index is -3.68. The summed E-state index contributed by atoms with van der Waals surface area (Å²) in [5, 5.41) is 2.79. The van der Waals surface area contributed by atoms with E-state index in [2.05, 4.69) is 5.32 Å². The summed E-state index contributed by atoms with van der Waals surface area (Å²) in [6.07, 6.45) is 2.71. The second-order valence-corrected chi connectivity index (χ2v) is 7.67. The first kappa shape index (κ1) is 18.2. The van der Waals surface area contributed by atoms with Crippen LogP contribution in [0.25, 0.3) is 0 Å². The van der Waals surface area contributed by atoms with Crippen LogP contribution in [0.4, 0.5) is 0 Å². The molecule has 0 radical (unpaired) electrons. The number of nitrogens with zero attached hydrogens (tertiary/aromatic N) is 1. The van der Waals surface area contributed by atoms with Gasteiger partial charge in [-0.05, 0) is 31.0 Å². The lowest BCUT2D eigenvalue weighted by Crippen LogP contribution is -2.36. The number of hydrogen-bond donors (Lipinski definition) is 1. The molecule has 128 valence electrons.